The molecule has 1 amide bonds. The van der Waals surface area contributed by atoms with Gasteiger partial charge in [-0.15, -0.1) is 0 Å². The molecule has 1 aliphatic carbocycles. The van der Waals surface area contributed by atoms with Crippen molar-refractivity contribution in [2.45, 2.75) is 68.0 Å². The van der Waals surface area contributed by atoms with E-state index in [1.165, 1.54) is 36.0 Å². The molecule has 11 heteroatoms. The fraction of sp³-hybridized carbons (Fsp3) is 0.346. The molecule has 1 aliphatic rings. The lowest BCUT2D eigenvalue weighted by Crippen LogP contribution is -2.23. The first-order valence-corrected chi connectivity index (χ1v) is 14.4. The highest BCUT2D eigenvalue weighted by atomic mass is 32.2. The predicted octanol–water partition coefficient (Wildman–Crippen LogP) is 4.55. The van der Waals surface area contributed by atoms with Crippen LogP contribution in [0.25, 0.3) is 0 Å². The third-order valence-electron chi connectivity index (χ3n) is 5.93. The van der Waals surface area contributed by atoms with E-state index in [4.69, 9.17) is 4.98 Å². The molecule has 192 valence electrons. The number of hydrogen-bond acceptors (Lipinski definition) is 8. The minimum atomic E-state index is -3.90. The molecule has 1 unspecified atom stereocenters. The fourth-order valence-electron chi connectivity index (χ4n) is 4.09. The van der Waals surface area contributed by atoms with Gasteiger partial charge in [-0.1, -0.05) is 18.2 Å². The van der Waals surface area contributed by atoms with E-state index in [0.717, 1.165) is 43.4 Å². The summed E-state index contributed by atoms with van der Waals surface area (Å²) in [6, 6.07) is 11.7. The molecule has 0 radical (unpaired) electrons. The number of pyridine rings is 1. The molecule has 0 spiro atoms. The van der Waals surface area contributed by atoms with Gasteiger partial charge in [-0.25, -0.2) is 28.1 Å². The summed E-state index contributed by atoms with van der Waals surface area (Å²) >= 11 is 1.25. The van der Waals surface area contributed by atoms with Crippen molar-refractivity contribution >= 4 is 39.3 Å². The van der Waals surface area contributed by atoms with Gasteiger partial charge in [0, 0.05) is 22.8 Å². The predicted molar refractivity (Wildman–Crippen MR) is 143 cm³/mol. The number of thioether (sulfide) groups is 1. The van der Waals surface area contributed by atoms with Crippen LogP contribution in [0.5, 0.6) is 0 Å². The maximum Gasteiger partial charge on any atom is 0.264 e. The van der Waals surface area contributed by atoms with Gasteiger partial charge in [-0.05, 0) is 88.4 Å². The zero-order valence-corrected chi connectivity index (χ0v) is 22.5. The Balaban J connectivity index is 1.42. The molecule has 0 bridgehead atoms. The Hall–Kier alpha value is -3.49. The molecule has 2 N–H and O–H groups in total. The van der Waals surface area contributed by atoms with Gasteiger partial charge in [0.2, 0.25) is 11.9 Å². The van der Waals surface area contributed by atoms with E-state index < -0.39 is 15.3 Å². The molecular weight excluding hydrogens is 508 g/mol. The van der Waals surface area contributed by atoms with Crippen molar-refractivity contribution in [2.24, 2.45) is 0 Å². The highest BCUT2D eigenvalue weighted by molar-refractivity contribution is 8.00. The van der Waals surface area contributed by atoms with Crippen LogP contribution in [0.2, 0.25) is 0 Å². The molecule has 4 rings (SSSR count). The summed E-state index contributed by atoms with van der Waals surface area (Å²) in [6.45, 7) is 5.27. The maximum absolute atomic E-state index is 12.9. The molecule has 37 heavy (non-hydrogen) atoms. The molecule has 2 aromatic heterocycles. The van der Waals surface area contributed by atoms with Crippen molar-refractivity contribution in [3.63, 3.8) is 0 Å². The topological polar surface area (TPSA) is 138 Å². The number of nitrogens with zero attached hydrogens (tertiary/aromatic N) is 4. The third kappa shape index (κ3) is 6.64. The minimum Gasteiger partial charge on any atom is -0.325 e. The Morgan fingerprint density at radius 1 is 1.03 bits per heavy atom. The smallest absolute Gasteiger partial charge is 0.264 e. The van der Waals surface area contributed by atoms with Gasteiger partial charge < -0.3 is 5.32 Å². The monoisotopic (exact) mass is 536 g/mol. The van der Waals surface area contributed by atoms with Crippen LogP contribution in [0.4, 0.5) is 11.6 Å². The number of hydrogen-bond donors (Lipinski definition) is 2. The molecule has 0 fully saturated rings. The average molecular weight is 537 g/mol. The number of aromatic nitrogens is 3. The van der Waals surface area contributed by atoms with E-state index in [9.17, 15) is 18.5 Å². The summed E-state index contributed by atoms with van der Waals surface area (Å²) in [5, 5.41) is 12.5. The molecule has 1 atom stereocenters. The molecule has 0 saturated carbocycles. The summed E-state index contributed by atoms with van der Waals surface area (Å²) in [7, 11) is -3.90. The maximum atomic E-state index is 12.9. The Morgan fingerprint density at radius 2 is 1.70 bits per heavy atom. The van der Waals surface area contributed by atoms with E-state index in [0.29, 0.717) is 27.7 Å². The van der Waals surface area contributed by atoms with Crippen molar-refractivity contribution in [1.82, 2.24) is 15.0 Å². The number of carbonyl (C=O) groups excluding carboxylic acids is 1. The van der Waals surface area contributed by atoms with Crippen LogP contribution in [0.3, 0.4) is 0 Å². The van der Waals surface area contributed by atoms with Crippen molar-refractivity contribution in [2.75, 3.05) is 10.0 Å². The van der Waals surface area contributed by atoms with Crippen LogP contribution in [0, 0.1) is 25.2 Å². The van der Waals surface area contributed by atoms with Crippen molar-refractivity contribution < 1.29 is 13.2 Å². The zero-order valence-electron chi connectivity index (χ0n) is 20.9. The first kappa shape index (κ1) is 26.6. The van der Waals surface area contributed by atoms with Crippen LogP contribution < -0.4 is 10.0 Å². The number of anilines is 2. The number of carbonyl (C=O) groups is 1. The minimum absolute atomic E-state index is 0.00359. The summed E-state index contributed by atoms with van der Waals surface area (Å²) in [5.41, 5.74) is 4.39. The van der Waals surface area contributed by atoms with Crippen LogP contribution in [0.1, 0.15) is 54.4 Å². The fourth-order valence-corrected chi connectivity index (χ4v) is 5.93. The van der Waals surface area contributed by atoms with Gasteiger partial charge in [0.25, 0.3) is 10.0 Å². The summed E-state index contributed by atoms with van der Waals surface area (Å²) in [4.78, 5) is 25.8. The number of amides is 1. The van der Waals surface area contributed by atoms with E-state index in [1.54, 1.807) is 26.8 Å². The average Bonchev–Trinajstić information content (AvgIpc) is 3.07. The van der Waals surface area contributed by atoms with Crippen LogP contribution >= 0.6 is 11.8 Å². The van der Waals surface area contributed by atoms with Gasteiger partial charge in [0.1, 0.15) is 11.1 Å². The van der Waals surface area contributed by atoms with Gasteiger partial charge in [-0.3, -0.25) is 4.79 Å². The van der Waals surface area contributed by atoms with E-state index >= 15 is 0 Å². The number of nitriles is 1. The number of fused-ring (bicyclic) bond motifs is 1. The second-order valence-electron chi connectivity index (χ2n) is 8.97. The van der Waals surface area contributed by atoms with Gasteiger partial charge in [0.15, 0.2) is 0 Å². The van der Waals surface area contributed by atoms with Crippen LogP contribution in [0.15, 0.2) is 46.3 Å². The second kappa shape index (κ2) is 11.3. The highest BCUT2D eigenvalue weighted by Gasteiger charge is 2.21. The lowest BCUT2D eigenvalue weighted by Gasteiger charge is -2.15. The van der Waals surface area contributed by atoms with E-state index in [1.807, 2.05) is 6.07 Å². The standard InChI is InChI=1S/C26H28N6O3S2/c1-16-13-17(2)29-26(28-16)32-37(34,35)22-11-9-21(10-12-22)30-24(33)18(3)36-25-20(15-27)14-19-7-5-4-6-8-23(19)31-25/h9-14,18H,4-8H2,1-3H3,(H,30,33)(H,28,29,32). The first-order valence-electron chi connectivity index (χ1n) is 12.0. The summed E-state index contributed by atoms with van der Waals surface area (Å²) < 4.78 is 27.9. The lowest BCUT2D eigenvalue weighted by molar-refractivity contribution is -0.115. The normalized spacial score (nSPS) is 14.1. The zero-order chi connectivity index (χ0) is 26.6. The molecule has 2 heterocycles. The number of benzene rings is 1. The lowest BCUT2D eigenvalue weighted by atomic mass is 10.1. The Labute approximate surface area is 221 Å². The quantitative estimate of drug-likeness (QED) is 0.331. The molecular formula is C26H28N6O3S2. The third-order valence-corrected chi connectivity index (χ3v) is 8.38. The molecule has 0 saturated heterocycles. The van der Waals surface area contributed by atoms with E-state index in [2.05, 4.69) is 26.1 Å². The summed E-state index contributed by atoms with van der Waals surface area (Å²) in [6.07, 6.45) is 5.13. The molecule has 1 aromatic carbocycles. The van der Waals surface area contributed by atoms with Crippen molar-refractivity contribution in [1.29, 1.82) is 5.26 Å². The van der Waals surface area contributed by atoms with E-state index in [-0.39, 0.29) is 16.8 Å². The molecule has 9 nitrogen and oxygen atoms in total. The van der Waals surface area contributed by atoms with Gasteiger partial charge in [-0.2, -0.15) is 5.26 Å². The van der Waals surface area contributed by atoms with Gasteiger partial charge in [0.05, 0.1) is 15.7 Å². The number of rotatable bonds is 7. The van der Waals surface area contributed by atoms with Crippen LogP contribution in [-0.4, -0.2) is 34.5 Å². The highest BCUT2D eigenvalue weighted by Crippen LogP contribution is 2.30. The molecule has 3 aromatic rings. The second-order valence-corrected chi connectivity index (χ2v) is 12.0. The Morgan fingerprint density at radius 3 is 2.38 bits per heavy atom. The first-order chi connectivity index (χ1) is 17.6. The van der Waals surface area contributed by atoms with Crippen LogP contribution in [-0.2, 0) is 27.7 Å². The van der Waals surface area contributed by atoms with Gasteiger partial charge >= 0.3 is 0 Å². The van der Waals surface area contributed by atoms with Crippen molar-refractivity contribution in [3.8, 4) is 6.07 Å². The summed E-state index contributed by atoms with van der Waals surface area (Å²) in [5.74, 6) is -0.271. The van der Waals surface area contributed by atoms with Crippen molar-refractivity contribution in [3.05, 3.63) is 64.6 Å². The Kier molecular flexibility index (Phi) is 8.10. The SMILES string of the molecule is Cc1cc(C)nc(NS(=O)(=O)c2ccc(NC(=O)C(C)Sc3nc4c(cc3C#N)CCCCC4)cc2)n1. The number of nitrogens with one attached hydrogen (secondary N) is 2. The largest absolute Gasteiger partial charge is 0.325 e. The molecule has 0 aliphatic heterocycles. The number of aryl methyl sites for hydroxylation is 4. The number of sulfonamides is 1. The Bertz CT molecular complexity index is 1450.